The van der Waals surface area contributed by atoms with Gasteiger partial charge in [0.25, 0.3) is 0 Å². The Kier molecular flexibility index (Phi) is 5.63. The number of carbonyl (C=O) groups excluding carboxylic acids is 1. The Bertz CT molecular complexity index is 838. The molecule has 1 atom stereocenters. The minimum atomic E-state index is -3.07. The maximum absolute atomic E-state index is 12.8. The molecule has 3 rings (SSSR count). The molecule has 0 radical (unpaired) electrons. The van der Waals surface area contributed by atoms with Gasteiger partial charge in [0.1, 0.15) is 0 Å². The number of amides is 1. The molecule has 0 spiro atoms. The third kappa shape index (κ3) is 4.72. The third-order valence-corrected chi connectivity index (χ3v) is 6.63. The van der Waals surface area contributed by atoms with Crippen LogP contribution in [0.25, 0.3) is 0 Å². The summed E-state index contributed by atoms with van der Waals surface area (Å²) in [6.07, 6.45) is 0.479. The second-order valence-electron chi connectivity index (χ2n) is 6.02. The van der Waals surface area contributed by atoms with E-state index in [4.69, 9.17) is 0 Å². The highest BCUT2D eigenvalue weighted by Crippen LogP contribution is 2.24. The van der Waals surface area contributed by atoms with Crippen LogP contribution in [0.5, 0.6) is 0 Å². The Labute approximate surface area is 161 Å². The van der Waals surface area contributed by atoms with Crippen LogP contribution in [0.15, 0.2) is 54.6 Å². The highest BCUT2D eigenvalue weighted by molar-refractivity contribution is 14.1. The van der Waals surface area contributed by atoms with E-state index in [1.54, 1.807) is 4.90 Å². The number of sulfone groups is 1. The number of rotatable bonds is 5. The Morgan fingerprint density at radius 3 is 2.40 bits per heavy atom. The Morgan fingerprint density at radius 1 is 1.12 bits per heavy atom. The van der Waals surface area contributed by atoms with E-state index in [0.29, 0.717) is 6.42 Å². The highest BCUT2D eigenvalue weighted by atomic mass is 127. The van der Waals surface area contributed by atoms with Crippen LogP contribution in [0.3, 0.4) is 0 Å². The summed E-state index contributed by atoms with van der Waals surface area (Å²) < 4.78 is 24.8. The molecule has 0 aromatic heterocycles. The van der Waals surface area contributed by atoms with Gasteiger partial charge in [0.15, 0.2) is 9.84 Å². The van der Waals surface area contributed by atoms with E-state index in [1.807, 2.05) is 54.6 Å². The molecule has 1 amide bonds. The van der Waals surface area contributed by atoms with E-state index in [2.05, 4.69) is 27.9 Å². The molecule has 5 nitrogen and oxygen atoms in total. The predicted octanol–water partition coefficient (Wildman–Crippen LogP) is 2.92. The molecule has 0 aliphatic carbocycles. The molecule has 0 unspecified atom stereocenters. The fraction of sp³-hybridized carbons (Fsp3) is 0.278. The molecule has 2 aromatic rings. The zero-order chi connectivity index (χ0) is 17.9. The van der Waals surface area contributed by atoms with Gasteiger partial charge in [-0.2, -0.15) is 0 Å². The Morgan fingerprint density at radius 2 is 1.80 bits per heavy atom. The van der Waals surface area contributed by atoms with Gasteiger partial charge < -0.3 is 10.2 Å². The average Bonchev–Trinajstić information content (AvgIpc) is 2.95. The van der Waals surface area contributed by atoms with Crippen molar-refractivity contribution in [2.24, 2.45) is 0 Å². The first-order valence-corrected chi connectivity index (χ1v) is 10.9. The van der Waals surface area contributed by atoms with E-state index in [0.717, 1.165) is 14.9 Å². The zero-order valence-electron chi connectivity index (χ0n) is 13.6. The molecular formula is C18H19IN2O3S. The number of anilines is 2. The maximum Gasteiger partial charge on any atom is 0.246 e. The van der Waals surface area contributed by atoms with E-state index in [9.17, 15) is 13.2 Å². The van der Waals surface area contributed by atoms with E-state index < -0.39 is 9.84 Å². The first-order chi connectivity index (χ1) is 11.9. The molecule has 0 bridgehead atoms. The molecule has 1 fully saturated rings. The van der Waals surface area contributed by atoms with Crippen molar-refractivity contribution in [2.45, 2.75) is 12.5 Å². The van der Waals surface area contributed by atoms with Crippen LogP contribution >= 0.6 is 22.6 Å². The lowest BCUT2D eigenvalue weighted by atomic mass is 10.1. The number of hydrogen-bond acceptors (Lipinski definition) is 4. The van der Waals surface area contributed by atoms with E-state index in [-0.39, 0.29) is 30.0 Å². The summed E-state index contributed by atoms with van der Waals surface area (Å²) in [6, 6.07) is 16.7. The minimum absolute atomic E-state index is 0.0250. The summed E-state index contributed by atoms with van der Waals surface area (Å²) in [4.78, 5) is 14.5. The van der Waals surface area contributed by atoms with Gasteiger partial charge in [-0.1, -0.05) is 18.2 Å². The molecule has 1 N–H and O–H groups in total. The fourth-order valence-electron chi connectivity index (χ4n) is 2.96. The standard InChI is InChI=1S/C18H19IN2O3S/c19-14-6-8-15(9-7-14)20-12-18(22)21(16-4-2-1-3-5-16)17-10-11-25(23,24)13-17/h1-9,17,20H,10-13H2/t17-/m1/s1. The molecule has 1 saturated heterocycles. The predicted molar refractivity (Wildman–Crippen MR) is 109 cm³/mol. The third-order valence-electron chi connectivity index (χ3n) is 4.16. The number of nitrogens with zero attached hydrogens (tertiary/aromatic N) is 1. The fourth-order valence-corrected chi connectivity index (χ4v) is 5.02. The molecule has 7 heteroatoms. The van der Waals surface area contributed by atoms with Crippen LogP contribution in [-0.4, -0.2) is 38.4 Å². The molecule has 25 heavy (non-hydrogen) atoms. The normalized spacial score (nSPS) is 18.7. The van der Waals surface area contributed by atoms with Gasteiger partial charge in [-0.05, 0) is 65.4 Å². The van der Waals surface area contributed by atoms with Gasteiger partial charge in [-0.15, -0.1) is 0 Å². The highest BCUT2D eigenvalue weighted by Gasteiger charge is 2.35. The first kappa shape index (κ1) is 18.2. The summed E-state index contributed by atoms with van der Waals surface area (Å²) >= 11 is 2.23. The number of benzene rings is 2. The van der Waals surface area contributed by atoms with Crippen LogP contribution in [0.2, 0.25) is 0 Å². The smallest absolute Gasteiger partial charge is 0.246 e. The zero-order valence-corrected chi connectivity index (χ0v) is 16.5. The summed E-state index contributed by atoms with van der Waals surface area (Å²) in [6.45, 7) is 0.117. The number of halogens is 1. The molecule has 132 valence electrons. The van der Waals surface area contributed by atoms with Crippen LogP contribution in [0.1, 0.15) is 6.42 Å². The van der Waals surface area contributed by atoms with E-state index in [1.165, 1.54) is 0 Å². The largest absolute Gasteiger partial charge is 0.376 e. The second kappa shape index (κ2) is 7.74. The van der Waals surface area contributed by atoms with Crippen molar-refractivity contribution in [1.82, 2.24) is 0 Å². The topological polar surface area (TPSA) is 66.5 Å². The summed E-state index contributed by atoms with van der Waals surface area (Å²) in [5.41, 5.74) is 1.60. The number of hydrogen-bond donors (Lipinski definition) is 1. The van der Waals surface area contributed by atoms with Crippen molar-refractivity contribution in [3.8, 4) is 0 Å². The van der Waals surface area contributed by atoms with E-state index >= 15 is 0 Å². The Balaban J connectivity index is 1.76. The van der Waals surface area contributed by atoms with Crippen LogP contribution in [-0.2, 0) is 14.6 Å². The number of carbonyl (C=O) groups is 1. The average molecular weight is 470 g/mol. The van der Waals surface area contributed by atoms with Crippen molar-refractivity contribution in [2.75, 3.05) is 28.3 Å². The Hall–Kier alpha value is -1.61. The number of para-hydroxylation sites is 1. The van der Waals surface area contributed by atoms with Crippen LogP contribution < -0.4 is 10.2 Å². The van der Waals surface area contributed by atoms with Crippen molar-refractivity contribution >= 4 is 49.7 Å². The first-order valence-electron chi connectivity index (χ1n) is 8.01. The molecular weight excluding hydrogens is 451 g/mol. The molecule has 2 aromatic carbocycles. The lowest BCUT2D eigenvalue weighted by Gasteiger charge is -2.28. The summed E-state index contributed by atoms with van der Waals surface area (Å²) in [7, 11) is -3.07. The second-order valence-corrected chi connectivity index (χ2v) is 9.49. The van der Waals surface area contributed by atoms with Crippen molar-refractivity contribution < 1.29 is 13.2 Å². The van der Waals surface area contributed by atoms with Gasteiger partial charge in [-0.3, -0.25) is 4.79 Å². The van der Waals surface area contributed by atoms with Crippen molar-refractivity contribution in [3.05, 3.63) is 58.2 Å². The lowest BCUT2D eigenvalue weighted by Crippen LogP contribution is -2.44. The molecule has 1 aliphatic rings. The summed E-state index contributed by atoms with van der Waals surface area (Å²) in [5.74, 6) is 0.0301. The monoisotopic (exact) mass is 470 g/mol. The van der Waals surface area contributed by atoms with Gasteiger partial charge in [-0.25, -0.2) is 8.42 Å². The van der Waals surface area contributed by atoms with Crippen molar-refractivity contribution in [3.63, 3.8) is 0 Å². The SMILES string of the molecule is O=C(CNc1ccc(I)cc1)N(c1ccccc1)[C@@H]1CCS(=O)(=O)C1. The van der Waals surface area contributed by atoms with Gasteiger partial charge in [0.05, 0.1) is 24.1 Å². The lowest BCUT2D eigenvalue weighted by molar-refractivity contribution is -0.117. The van der Waals surface area contributed by atoms with Crippen LogP contribution in [0, 0.1) is 3.57 Å². The number of nitrogens with one attached hydrogen (secondary N) is 1. The maximum atomic E-state index is 12.8. The minimum Gasteiger partial charge on any atom is -0.376 e. The van der Waals surface area contributed by atoms with Crippen LogP contribution in [0.4, 0.5) is 11.4 Å². The molecule has 1 aliphatic heterocycles. The van der Waals surface area contributed by atoms with Gasteiger partial charge >= 0.3 is 0 Å². The quantitative estimate of drug-likeness (QED) is 0.683. The molecule has 1 heterocycles. The van der Waals surface area contributed by atoms with Gasteiger partial charge in [0.2, 0.25) is 5.91 Å². The summed E-state index contributed by atoms with van der Waals surface area (Å²) in [5, 5.41) is 3.12. The van der Waals surface area contributed by atoms with Crippen molar-refractivity contribution in [1.29, 1.82) is 0 Å². The molecule has 0 saturated carbocycles. The van der Waals surface area contributed by atoms with Gasteiger partial charge in [0, 0.05) is 14.9 Å².